The fraction of sp³-hybridized carbons (Fsp3) is 0.320. The third kappa shape index (κ3) is 5.71. The molecule has 4 aromatic rings. The van der Waals surface area contributed by atoms with E-state index in [-0.39, 0.29) is 23.8 Å². The Kier molecular flexibility index (Phi) is 6.93. The van der Waals surface area contributed by atoms with Crippen molar-refractivity contribution in [2.45, 2.75) is 32.9 Å². The summed E-state index contributed by atoms with van der Waals surface area (Å²) >= 11 is 1.36. The lowest BCUT2D eigenvalue weighted by atomic mass is 10.1. The van der Waals surface area contributed by atoms with Gasteiger partial charge in [-0.25, -0.2) is 9.37 Å². The molecule has 2 aromatic heterocycles. The molecule has 184 valence electrons. The highest BCUT2D eigenvalue weighted by Gasteiger charge is 2.23. The molecule has 0 spiro atoms. The Labute approximate surface area is 207 Å². The second kappa shape index (κ2) is 9.91. The van der Waals surface area contributed by atoms with Gasteiger partial charge in [0.25, 0.3) is 0 Å². The lowest BCUT2D eigenvalue weighted by Crippen LogP contribution is -2.35. The van der Waals surface area contributed by atoms with Crippen molar-refractivity contribution in [1.29, 1.82) is 0 Å². The SMILES string of the molecule is COc1ccccc1CNC(=O)CN(C)c1nn2c(NC(C)(C)C)c(-c3cccc(F)c3)nc2s1. The summed E-state index contributed by atoms with van der Waals surface area (Å²) in [6.45, 7) is 6.60. The summed E-state index contributed by atoms with van der Waals surface area (Å²) in [6.07, 6.45) is 0. The zero-order chi connectivity index (χ0) is 25.2. The van der Waals surface area contributed by atoms with E-state index in [1.54, 1.807) is 22.6 Å². The van der Waals surface area contributed by atoms with Crippen molar-refractivity contribution >= 4 is 33.2 Å². The molecule has 0 saturated carbocycles. The molecule has 0 aliphatic carbocycles. The minimum atomic E-state index is -0.326. The summed E-state index contributed by atoms with van der Waals surface area (Å²) in [5.41, 5.74) is 1.93. The molecular weight excluding hydrogens is 467 g/mol. The van der Waals surface area contributed by atoms with Gasteiger partial charge in [-0.2, -0.15) is 4.52 Å². The normalized spacial score (nSPS) is 11.5. The maximum atomic E-state index is 13.9. The van der Waals surface area contributed by atoms with E-state index in [0.717, 1.165) is 11.3 Å². The Morgan fingerprint density at radius 2 is 1.97 bits per heavy atom. The summed E-state index contributed by atoms with van der Waals surface area (Å²) in [5.74, 6) is 0.942. The quantitative estimate of drug-likeness (QED) is 0.372. The first-order chi connectivity index (χ1) is 16.6. The van der Waals surface area contributed by atoms with Gasteiger partial charge in [0.05, 0.1) is 13.7 Å². The van der Waals surface area contributed by atoms with E-state index < -0.39 is 0 Å². The number of carbonyl (C=O) groups excluding carboxylic acids is 1. The molecule has 10 heteroatoms. The van der Waals surface area contributed by atoms with Crippen LogP contribution in [0.4, 0.5) is 15.3 Å². The minimum absolute atomic E-state index is 0.130. The van der Waals surface area contributed by atoms with Crippen LogP contribution < -0.4 is 20.3 Å². The lowest BCUT2D eigenvalue weighted by Gasteiger charge is -2.22. The third-order valence-corrected chi connectivity index (χ3v) is 6.18. The molecule has 0 aliphatic rings. The summed E-state index contributed by atoms with van der Waals surface area (Å²) in [5, 5.41) is 11.7. The molecule has 2 aromatic carbocycles. The van der Waals surface area contributed by atoms with E-state index in [9.17, 15) is 9.18 Å². The van der Waals surface area contributed by atoms with Crippen molar-refractivity contribution in [3.8, 4) is 17.0 Å². The van der Waals surface area contributed by atoms with Crippen LogP contribution in [0.25, 0.3) is 16.2 Å². The van der Waals surface area contributed by atoms with Gasteiger partial charge in [-0.1, -0.05) is 41.7 Å². The average molecular weight is 497 g/mol. The Morgan fingerprint density at radius 1 is 1.20 bits per heavy atom. The number of hydrogen-bond donors (Lipinski definition) is 2. The maximum Gasteiger partial charge on any atom is 0.239 e. The molecule has 0 bridgehead atoms. The second-order valence-electron chi connectivity index (χ2n) is 9.22. The molecule has 0 fully saturated rings. The van der Waals surface area contributed by atoms with Crippen LogP contribution in [0.15, 0.2) is 48.5 Å². The van der Waals surface area contributed by atoms with E-state index in [0.29, 0.717) is 33.7 Å². The van der Waals surface area contributed by atoms with Crippen LogP contribution in [0.2, 0.25) is 0 Å². The number of carbonyl (C=O) groups is 1. The van der Waals surface area contributed by atoms with E-state index in [1.807, 2.05) is 58.2 Å². The zero-order valence-corrected chi connectivity index (χ0v) is 21.2. The molecule has 0 radical (unpaired) electrons. The monoisotopic (exact) mass is 496 g/mol. The fourth-order valence-electron chi connectivity index (χ4n) is 3.58. The summed E-state index contributed by atoms with van der Waals surface area (Å²) in [6, 6.07) is 13.9. The number of likely N-dealkylation sites (N-methyl/N-ethyl adjacent to an activating group) is 1. The first-order valence-electron chi connectivity index (χ1n) is 11.2. The van der Waals surface area contributed by atoms with Gasteiger partial charge < -0.3 is 20.3 Å². The fourth-order valence-corrected chi connectivity index (χ4v) is 4.44. The van der Waals surface area contributed by atoms with Crippen LogP contribution in [-0.2, 0) is 11.3 Å². The van der Waals surface area contributed by atoms with E-state index >= 15 is 0 Å². The number of ether oxygens (including phenoxy) is 1. The number of aromatic nitrogens is 3. The van der Waals surface area contributed by atoms with Crippen LogP contribution in [0, 0.1) is 5.82 Å². The van der Waals surface area contributed by atoms with Gasteiger partial charge in [0.2, 0.25) is 16.0 Å². The van der Waals surface area contributed by atoms with Gasteiger partial charge >= 0.3 is 0 Å². The van der Waals surface area contributed by atoms with Crippen LogP contribution in [-0.4, -0.2) is 46.7 Å². The number of amides is 1. The number of anilines is 2. The number of halogens is 1. The number of benzene rings is 2. The first-order valence-corrected chi connectivity index (χ1v) is 12.0. The molecule has 35 heavy (non-hydrogen) atoms. The van der Waals surface area contributed by atoms with E-state index in [2.05, 4.69) is 10.6 Å². The number of nitrogens with one attached hydrogen (secondary N) is 2. The summed E-state index contributed by atoms with van der Waals surface area (Å²) in [4.78, 5) is 19.7. The molecule has 8 nitrogen and oxygen atoms in total. The number of para-hydroxylation sites is 1. The topological polar surface area (TPSA) is 83.8 Å². The molecule has 0 saturated heterocycles. The van der Waals surface area contributed by atoms with Crippen molar-refractivity contribution in [3.05, 3.63) is 59.9 Å². The van der Waals surface area contributed by atoms with Gasteiger partial charge in [0.15, 0.2) is 5.82 Å². The van der Waals surface area contributed by atoms with Crippen molar-refractivity contribution in [3.63, 3.8) is 0 Å². The zero-order valence-electron chi connectivity index (χ0n) is 20.4. The van der Waals surface area contributed by atoms with Crippen LogP contribution in [0.5, 0.6) is 5.75 Å². The van der Waals surface area contributed by atoms with E-state index in [1.165, 1.54) is 23.5 Å². The van der Waals surface area contributed by atoms with Crippen LogP contribution >= 0.6 is 11.3 Å². The molecular formula is C25H29FN6O2S. The molecule has 0 unspecified atom stereocenters. The number of nitrogens with zero attached hydrogens (tertiary/aromatic N) is 4. The average Bonchev–Trinajstić information content (AvgIpc) is 3.36. The highest BCUT2D eigenvalue weighted by Crippen LogP contribution is 2.34. The van der Waals surface area contributed by atoms with Crippen molar-refractivity contribution in [2.24, 2.45) is 0 Å². The molecule has 2 heterocycles. The molecule has 1 amide bonds. The van der Waals surface area contributed by atoms with Gasteiger partial charge in [-0.05, 0) is 39.0 Å². The Morgan fingerprint density at radius 3 is 2.69 bits per heavy atom. The van der Waals surface area contributed by atoms with Crippen molar-refractivity contribution < 1.29 is 13.9 Å². The first kappa shape index (κ1) is 24.5. The minimum Gasteiger partial charge on any atom is -0.496 e. The largest absolute Gasteiger partial charge is 0.496 e. The number of hydrogen-bond acceptors (Lipinski definition) is 7. The highest BCUT2D eigenvalue weighted by atomic mass is 32.1. The predicted molar refractivity (Wildman–Crippen MR) is 138 cm³/mol. The van der Waals surface area contributed by atoms with Crippen molar-refractivity contribution in [2.75, 3.05) is 30.9 Å². The molecule has 2 N–H and O–H groups in total. The molecule has 0 aliphatic heterocycles. The second-order valence-corrected chi connectivity index (χ2v) is 10.2. The van der Waals surface area contributed by atoms with E-state index in [4.69, 9.17) is 14.8 Å². The molecule has 4 rings (SSSR count). The Balaban J connectivity index is 1.54. The van der Waals surface area contributed by atoms with Gasteiger partial charge in [0, 0.05) is 30.3 Å². The Bertz CT molecular complexity index is 1340. The van der Waals surface area contributed by atoms with Crippen LogP contribution in [0.1, 0.15) is 26.3 Å². The van der Waals surface area contributed by atoms with Crippen LogP contribution in [0.3, 0.4) is 0 Å². The van der Waals surface area contributed by atoms with Gasteiger partial charge in [0.1, 0.15) is 17.3 Å². The predicted octanol–water partition coefficient (Wildman–Crippen LogP) is 4.57. The maximum absolute atomic E-state index is 13.9. The van der Waals surface area contributed by atoms with Crippen molar-refractivity contribution in [1.82, 2.24) is 19.9 Å². The number of imidazole rings is 1. The Hall–Kier alpha value is -3.66. The lowest BCUT2D eigenvalue weighted by molar-refractivity contribution is -0.119. The standard InChI is InChI=1S/C25H29FN6O2S/c1-25(2,3)29-22-21(16-10-8-11-18(26)13-16)28-23-32(22)30-24(35-23)31(4)15-20(33)27-14-17-9-6-7-12-19(17)34-5/h6-13,29H,14-15H2,1-5H3,(H,27,33). The summed E-state index contributed by atoms with van der Waals surface area (Å²) in [7, 11) is 3.42. The van der Waals surface area contributed by atoms with Gasteiger partial charge in [-0.15, -0.1) is 5.10 Å². The number of rotatable bonds is 8. The smallest absolute Gasteiger partial charge is 0.239 e. The third-order valence-electron chi connectivity index (χ3n) is 5.16. The number of fused-ring (bicyclic) bond motifs is 1. The highest BCUT2D eigenvalue weighted by molar-refractivity contribution is 7.20. The number of methoxy groups -OCH3 is 1. The van der Waals surface area contributed by atoms with Gasteiger partial charge in [-0.3, -0.25) is 4.79 Å². The molecule has 0 atom stereocenters. The summed E-state index contributed by atoms with van der Waals surface area (Å²) < 4.78 is 20.9.